The molecule has 2 unspecified atom stereocenters. The molecule has 1 aliphatic heterocycles. The molecule has 2 atom stereocenters. The third-order valence-corrected chi connectivity index (χ3v) is 5.17. The summed E-state index contributed by atoms with van der Waals surface area (Å²) in [7, 11) is -1.76. The molecule has 102 valence electrons. The van der Waals surface area contributed by atoms with Gasteiger partial charge in [0.15, 0.2) is 5.03 Å². The minimum Gasteiger partial charge on any atom is -0.339 e. The number of aryl methyl sites for hydroxylation is 1. The molecule has 2 rings (SSSR count). The summed E-state index contributed by atoms with van der Waals surface area (Å²) in [5.74, 6) is 0. The fourth-order valence-electron chi connectivity index (χ4n) is 2.40. The van der Waals surface area contributed by atoms with Crippen LogP contribution in [-0.4, -0.2) is 40.9 Å². The first-order valence-corrected chi connectivity index (χ1v) is 7.62. The van der Waals surface area contributed by atoms with Crippen molar-refractivity contribution in [2.24, 2.45) is 12.8 Å². The van der Waals surface area contributed by atoms with E-state index in [0.717, 1.165) is 19.3 Å². The van der Waals surface area contributed by atoms with E-state index in [1.165, 1.54) is 16.8 Å². The molecule has 6 nitrogen and oxygen atoms in total. The van der Waals surface area contributed by atoms with E-state index in [-0.39, 0.29) is 17.1 Å². The Morgan fingerprint density at radius 2 is 2.22 bits per heavy atom. The molecule has 1 fully saturated rings. The zero-order valence-corrected chi connectivity index (χ0v) is 11.6. The first-order valence-electron chi connectivity index (χ1n) is 6.18. The molecular weight excluding hydrogens is 252 g/mol. The van der Waals surface area contributed by atoms with Crippen molar-refractivity contribution in [3.63, 3.8) is 0 Å². The Morgan fingerprint density at radius 3 is 2.78 bits per heavy atom. The van der Waals surface area contributed by atoms with Gasteiger partial charge in [-0.05, 0) is 19.8 Å². The Hall–Kier alpha value is -0.920. The van der Waals surface area contributed by atoms with Crippen LogP contribution in [0.2, 0.25) is 0 Å². The van der Waals surface area contributed by atoms with Gasteiger partial charge in [0, 0.05) is 31.9 Å². The summed E-state index contributed by atoms with van der Waals surface area (Å²) in [4.78, 5) is 3.95. The van der Waals surface area contributed by atoms with Gasteiger partial charge in [0.05, 0.1) is 6.33 Å². The van der Waals surface area contributed by atoms with Gasteiger partial charge in [-0.15, -0.1) is 0 Å². The predicted octanol–water partition coefficient (Wildman–Crippen LogP) is 0.311. The van der Waals surface area contributed by atoms with E-state index in [1.54, 1.807) is 11.6 Å². The largest absolute Gasteiger partial charge is 0.339 e. The van der Waals surface area contributed by atoms with E-state index < -0.39 is 10.0 Å². The molecule has 0 saturated carbocycles. The molecule has 0 aromatic carbocycles. The molecule has 18 heavy (non-hydrogen) atoms. The summed E-state index contributed by atoms with van der Waals surface area (Å²) in [6.07, 6.45) is 5.76. The van der Waals surface area contributed by atoms with Gasteiger partial charge in [-0.1, -0.05) is 6.42 Å². The van der Waals surface area contributed by atoms with Crippen molar-refractivity contribution in [2.75, 3.05) is 6.54 Å². The van der Waals surface area contributed by atoms with Gasteiger partial charge in [0.25, 0.3) is 10.0 Å². The van der Waals surface area contributed by atoms with Crippen molar-refractivity contribution in [2.45, 2.75) is 43.3 Å². The Morgan fingerprint density at radius 1 is 1.50 bits per heavy atom. The van der Waals surface area contributed by atoms with Crippen molar-refractivity contribution in [1.82, 2.24) is 13.9 Å². The van der Waals surface area contributed by atoms with Crippen LogP contribution in [0.4, 0.5) is 0 Å². The topological polar surface area (TPSA) is 81.2 Å². The lowest BCUT2D eigenvalue weighted by molar-refractivity contribution is 0.227. The van der Waals surface area contributed by atoms with Crippen LogP contribution >= 0.6 is 0 Å². The number of nitrogens with two attached hydrogens (primary N) is 1. The van der Waals surface area contributed by atoms with E-state index >= 15 is 0 Å². The number of piperidine rings is 1. The fraction of sp³-hybridized carbons (Fsp3) is 0.727. The maximum absolute atomic E-state index is 12.5. The number of imidazole rings is 1. The van der Waals surface area contributed by atoms with E-state index in [2.05, 4.69) is 4.98 Å². The van der Waals surface area contributed by atoms with Crippen LogP contribution < -0.4 is 5.73 Å². The summed E-state index contributed by atoms with van der Waals surface area (Å²) in [5.41, 5.74) is 5.91. The highest BCUT2D eigenvalue weighted by molar-refractivity contribution is 7.89. The Bertz CT molecular complexity index is 509. The monoisotopic (exact) mass is 272 g/mol. The lowest BCUT2D eigenvalue weighted by Gasteiger charge is -2.36. The van der Waals surface area contributed by atoms with Gasteiger partial charge in [0.1, 0.15) is 0 Å². The van der Waals surface area contributed by atoms with Crippen molar-refractivity contribution in [1.29, 1.82) is 0 Å². The summed E-state index contributed by atoms with van der Waals surface area (Å²) < 4.78 is 28.2. The minimum absolute atomic E-state index is 0.109. The van der Waals surface area contributed by atoms with Crippen molar-refractivity contribution < 1.29 is 8.42 Å². The molecule has 2 N–H and O–H groups in total. The number of hydrogen-bond acceptors (Lipinski definition) is 4. The maximum atomic E-state index is 12.5. The van der Waals surface area contributed by atoms with Crippen LogP contribution in [0, 0.1) is 0 Å². The second kappa shape index (κ2) is 4.99. The summed E-state index contributed by atoms with van der Waals surface area (Å²) in [6.45, 7) is 2.39. The van der Waals surface area contributed by atoms with Gasteiger partial charge < -0.3 is 10.3 Å². The Kier molecular flexibility index (Phi) is 3.74. The molecule has 1 saturated heterocycles. The summed E-state index contributed by atoms with van der Waals surface area (Å²) in [5, 5.41) is 0.109. The van der Waals surface area contributed by atoms with Gasteiger partial charge in [-0.2, -0.15) is 4.31 Å². The molecular formula is C11H20N4O2S. The van der Waals surface area contributed by atoms with Gasteiger partial charge >= 0.3 is 0 Å². The molecule has 0 radical (unpaired) electrons. The lowest BCUT2D eigenvalue weighted by Crippen LogP contribution is -2.51. The molecule has 1 aromatic heterocycles. The zero-order valence-electron chi connectivity index (χ0n) is 10.8. The number of hydrogen-bond donors (Lipinski definition) is 1. The molecule has 1 aromatic rings. The standard InChI is InChI=1S/C11H20N4O2S/c1-9(12)10-5-3-4-6-15(10)18(16,17)11-7-14(2)8-13-11/h7-10H,3-6,12H2,1-2H3. The van der Waals surface area contributed by atoms with E-state index in [0.29, 0.717) is 6.54 Å². The predicted molar refractivity (Wildman–Crippen MR) is 68.4 cm³/mol. The molecule has 0 amide bonds. The molecule has 0 spiro atoms. The third-order valence-electron chi connectivity index (χ3n) is 3.36. The molecule has 2 heterocycles. The summed E-state index contributed by atoms with van der Waals surface area (Å²) >= 11 is 0. The van der Waals surface area contributed by atoms with Crippen molar-refractivity contribution >= 4 is 10.0 Å². The number of nitrogens with zero attached hydrogens (tertiary/aromatic N) is 3. The normalized spacial score (nSPS) is 24.1. The van der Waals surface area contributed by atoms with Crippen molar-refractivity contribution in [3.05, 3.63) is 12.5 Å². The van der Waals surface area contributed by atoms with Crippen LogP contribution in [0.25, 0.3) is 0 Å². The lowest BCUT2D eigenvalue weighted by atomic mass is 10.00. The molecule has 0 aliphatic carbocycles. The smallest absolute Gasteiger partial charge is 0.262 e. The third kappa shape index (κ3) is 2.43. The Labute approximate surface area is 108 Å². The van der Waals surface area contributed by atoms with Gasteiger partial charge in [0.2, 0.25) is 0 Å². The number of rotatable bonds is 3. The van der Waals surface area contributed by atoms with Gasteiger partial charge in [-0.3, -0.25) is 0 Å². The highest BCUT2D eigenvalue weighted by atomic mass is 32.2. The first kappa shape index (κ1) is 13.5. The SMILES string of the molecule is CC(N)C1CCCCN1S(=O)(=O)c1cn(C)cn1. The quantitative estimate of drug-likeness (QED) is 0.858. The minimum atomic E-state index is -3.51. The first-order chi connectivity index (χ1) is 8.43. The van der Waals surface area contributed by atoms with E-state index in [4.69, 9.17) is 5.73 Å². The average molecular weight is 272 g/mol. The zero-order chi connectivity index (χ0) is 13.3. The highest BCUT2D eigenvalue weighted by Crippen LogP contribution is 2.25. The molecule has 0 bridgehead atoms. The second-order valence-corrected chi connectivity index (χ2v) is 6.75. The highest BCUT2D eigenvalue weighted by Gasteiger charge is 2.36. The fourth-order valence-corrected chi connectivity index (χ4v) is 4.14. The van der Waals surface area contributed by atoms with Crippen LogP contribution in [0.15, 0.2) is 17.6 Å². The van der Waals surface area contributed by atoms with Crippen LogP contribution in [0.1, 0.15) is 26.2 Å². The maximum Gasteiger partial charge on any atom is 0.262 e. The van der Waals surface area contributed by atoms with E-state index in [9.17, 15) is 8.42 Å². The van der Waals surface area contributed by atoms with Crippen LogP contribution in [0.5, 0.6) is 0 Å². The van der Waals surface area contributed by atoms with E-state index in [1.807, 2.05) is 6.92 Å². The average Bonchev–Trinajstić information content (AvgIpc) is 2.76. The number of aromatic nitrogens is 2. The Balaban J connectivity index is 2.33. The molecule has 7 heteroatoms. The molecule has 1 aliphatic rings. The van der Waals surface area contributed by atoms with Crippen LogP contribution in [0.3, 0.4) is 0 Å². The van der Waals surface area contributed by atoms with Gasteiger partial charge in [-0.25, -0.2) is 13.4 Å². The van der Waals surface area contributed by atoms with Crippen LogP contribution in [-0.2, 0) is 17.1 Å². The van der Waals surface area contributed by atoms with Crippen molar-refractivity contribution in [3.8, 4) is 0 Å². The number of sulfonamides is 1. The second-order valence-electron chi connectivity index (χ2n) is 4.92. The summed E-state index contributed by atoms with van der Waals surface area (Å²) in [6, 6.07) is -0.283.